The Morgan fingerprint density at radius 3 is 2.47 bits per heavy atom. The van der Waals surface area contributed by atoms with E-state index < -0.39 is 0 Å². The van der Waals surface area contributed by atoms with E-state index >= 15 is 0 Å². The van der Waals surface area contributed by atoms with Gasteiger partial charge in [-0.2, -0.15) is 0 Å². The Kier molecular flexibility index (Phi) is 4.80. The normalized spacial score (nSPS) is 18.3. The minimum atomic E-state index is 0.119. The highest BCUT2D eigenvalue weighted by atomic mass is 32.2. The van der Waals surface area contributed by atoms with Crippen molar-refractivity contribution >= 4 is 11.8 Å². The third kappa shape index (κ3) is 2.63. The summed E-state index contributed by atoms with van der Waals surface area (Å²) in [6.45, 7) is 2.85. The number of hydrogen-bond donors (Lipinski definition) is 1. The van der Waals surface area contributed by atoms with Gasteiger partial charge in [-0.25, -0.2) is 0 Å². The van der Waals surface area contributed by atoms with Gasteiger partial charge in [-0.05, 0) is 37.7 Å². The summed E-state index contributed by atoms with van der Waals surface area (Å²) in [4.78, 5) is 1.33. The van der Waals surface area contributed by atoms with Crippen LogP contribution in [0.25, 0.3) is 0 Å². The van der Waals surface area contributed by atoms with Crippen molar-refractivity contribution in [1.29, 1.82) is 0 Å². The fourth-order valence-electron chi connectivity index (χ4n) is 3.39. The summed E-state index contributed by atoms with van der Waals surface area (Å²) in [5, 5.41) is 0. The molecule has 1 fully saturated rings. The Balaban J connectivity index is 2.60. The molecule has 0 spiro atoms. The highest BCUT2D eigenvalue weighted by Crippen LogP contribution is 2.47. The van der Waals surface area contributed by atoms with E-state index in [9.17, 15) is 0 Å². The van der Waals surface area contributed by atoms with E-state index in [1.807, 2.05) is 0 Å². The molecule has 1 aromatic rings. The van der Waals surface area contributed by atoms with Crippen molar-refractivity contribution in [3.8, 4) is 5.75 Å². The predicted octanol–water partition coefficient (Wildman–Crippen LogP) is 3.89. The first-order chi connectivity index (χ1) is 9.18. The maximum absolute atomic E-state index is 6.20. The summed E-state index contributed by atoms with van der Waals surface area (Å²) in [7, 11) is 1.78. The zero-order chi connectivity index (χ0) is 13.9. The van der Waals surface area contributed by atoms with Gasteiger partial charge in [-0.15, -0.1) is 11.8 Å². The first kappa shape index (κ1) is 14.7. The molecule has 0 saturated heterocycles. The zero-order valence-electron chi connectivity index (χ0n) is 12.3. The van der Waals surface area contributed by atoms with E-state index in [-0.39, 0.29) is 5.41 Å². The van der Waals surface area contributed by atoms with Gasteiger partial charge in [0.05, 0.1) is 7.11 Å². The summed E-state index contributed by atoms with van der Waals surface area (Å²) >= 11 is 1.81. The average molecular weight is 279 g/mol. The monoisotopic (exact) mass is 279 g/mol. The highest BCUT2D eigenvalue weighted by Gasteiger charge is 2.37. The van der Waals surface area contributed by atoms with Crippen molar-refractivity contribution in [2.45, 2.75) is 49.3 Å². The summed E-state index contributed by atoms with van der Waals surface area (Å²) in [5.74, 6) is 1.05. The van der Waals surface area contributed by atoms with Crippen LogP contribution in [-0.2, 0) is 5.41 Å². The van der Waals surface area contributed by atoms with E-state index in [1.54, 1.807) is 18.9 Å². The van der Waals surface area contributed by atoms with Gasteiger partial charge < -0.3 is 10.5 Å². The van der Waals surface area contributed by atoms with E-state index in [4.69, 9.17) is 10.5 Å². The van der Waals surface area contributed by atoms with Gasteiger partial charge >= 0.3 is 0 Å². The molecule has 1 saturated carbocycles. The molecule has 106 valence electrons. The van der Waals surface area contributed by atoms with Crippen molar-refractivity contribution in [1.82, 2.24) is 0 Å². The summed E-state index contributed by atoms with van der Waals surface area (Å²) in [6.07, 6.45) is 8.42. The average Bonchev–Trinajstić information content (AvgIpc) is 2.47. The lowest BCUT2D eigenvalue weighted by Gasteiger charge is -2.39. The molecule has 2 N–H and O–H groups in total. The van der Waals surface area contributed by atoms with Gasteiger partial charge in [0.2, 0.25) is 0 Å². The highest BCUT2D eigenvalue weighted by molar-refractivity contribution is 7.98. The second kappa shape index (κ2) is 6.19. The number of rotatable bonds is 4. The van der Waals surface area contributed by atoms with Gasteiger partial charge in [-0.3, -0.25) is 0 Å². The van der Waals surface area contributed by atoms with Crippen molar-refractivity contribution in [3.63, 3.8) is 0 Å². The van der Waals surface area contributed by atoms with Crippen molar-refractivity contribution < 1.29 is 4.74 Å². The number of ether oxygens (including phenoxy) is 1. The Bertz CT molecular complexity index is 439. The molecule has 0 radical (unpaired) electrons. The summed E-state index contributed by atoms with van der Waals surface area (Å²) in [5.41, 5.74) is 8.90. The zero-order valence-corrected chi connectivity index (χ0v) is 13.1. The van der Waals surface area contributed by atoms with E-state index in [0.717, 1.165) is 12.3 Å². The van der Waals surface area contributed by atoms with Crippen molar-refractivity contribution in [2.24, 2.45) is 5.73 Å². The van der Waals surface area contributed by atoms with Crippen LogP contribution in [-0.4, -0.2) is 19.9 Å². The molecule has 1 aromatic carbocycles. The number of methoxy groups -OCH3 is 1. The minimum Gasteiger partial charge on any atom is -0.496 e. The molecule has 0 aliphatic heterocycles. The lowest BCUT2D eigenvalue weighted by atomic mass is 9.69. The number of thioether (sulfide) groups is 1. The maximum atomic E-state index is 6.20. The molecule has 3 heteroatoms. The molecule has 19 heavy (non-hydrogen) atoms. The molecule has 2 nitrogen and oxygen atoms in total. The van der Waals surface area contributed by atoms with Crippen LogP contribution in [0.15, 0.2) is 17.0 Å². The molecule has 1 aliphatic carbocycles. The maximum Gasteiger partial charge on any atom is 0.126 e. The first-order valence-electron chi connectivity index (χ1n) is 7.10. The molecule has 0 unspecified atom stereocenters. The Morgan fingerprint density at radius 2 is 1.95 bits per heavy atom. The molecular formula is C16H25NOS. The van der Waals surface area contributed by atoms with Crippen LogP contribution in [0, 0.1) is 6.92 Å². The van der Waals surface area contributed by atoms with Gasteiger partial charge in [0.25, 0.3) is 0 Å². The number of benzene rings is 1. The molecule has 0 aromatic heterocycles. The van der Waals surface area contributed by atoms with Crippen molar-refractivity contribution in [2.75, 3.05) is 19.9 Å². The SMILES string of the molecule is COc1c(C)ccc(SC)c1C1(CN)CCCCC1. The van der Waals surface area contributed by atoms with Crippen LogP contribution in [0.5, 0.6) is 5.75 Å². The van der Waals surface area contributed by atoms with Crippen LogP contribution in [0.2, 0.25) is 0 Å². The molecule has 0 amide bonds. The van der Waals surface area contributed by atoms with Gasteiger partial charge in [0.15, 0.2) is 0 Å². The lowest BCUT2D eigenvalue weighted by molar-refractivity contribution is 0.282. The van der Waals surface area contributed by atoms with Crippen LogP contribution >= 0.6 is 11.8 Å². The predicted molar refractivity (Wildman–Crippen MR) is 83.3 cm³/mol. The van der Waals surface area contributed by atoms with Gasteiger partial charge in [-0.1, -0.05) is 25.3 Å². The quantitative estimate of drug-likeness (QED) is 0.849. The molecule has 0 atom stereocenters. The first-order valence-corrected chi connectivity index (χ1v) is 8.33. The Morgan fingerprint density at radius 1 is 1.26 bits per heavy atom. The summed E-state index contributed by atoms with van der Waals surface area (Å²) in [6, 6.07) is 4.38. The topological polar surface area (TPSA) is 35.2 Å². The molecule has 0 bridgehead atoms. The summed E-state index contributed by atoms with van der Waals surface area (Å²) < 4.78 is 5.73. The fourth-order valence-corrected chi connectivity index (χ4v) is 4.11. The number of nitrogens with two attached hydrogens (primary N) is 1. The van der Waals surface area contributed by atoms with E-state index in [0.29, 0.717) is 0 Å². The Labute approximate surface area is 121 Å². The number of hydrogen-bond acceptors (Lipinski definition) is 3. The minimum absolute atomic E-state index is 0.119. The van der Waals surface area contributed by atoms with Crippen molar-refractivity contribution in [3.05, 3.63) is 23.3 Å². The smallest absolute Gasteiger partial charge is 0.126 e. The molecule has 2 rings (SSSR count). The molecule has 1 aliphatic rings. The van der Waals surface area contributed by atoms with Gasteiger partial charge in [0, 0.05) is 22.4 Å². The van der Waals surface area contributed by atoms with Gasteiger partial charge in [0.1, 0.15) is 5.75 Å². The number of aryl methyl sites for hydroxylation is 1. The lowest BCUT2D eigenvalue weighted by Crippen LogP contribution is -2.38. The van der Waals surface area contributed by atoms with Crippen LogP contribution in [0.3, 0.4) is 0 Å². The molecule has 0 heterocycles. The fraction of sp³-hybridized carbons (Fsp3) is 0.625. The van der Waals surface area contributed by atoms with Crippen LogP contribution in [0.1, 0.15) is 43.2 Å². The standard InChI is InChI=1S/C16H25NOS/c1-12-7-8-13(19-3)14(15(12)18-2)16(11-17)9-5-4-6-10-16/h7-8H,4-6,9-11,17H2,1-3H3. The largest absolute Gasteiger partial charge is 0.496 e. The second-order valence-corrected chi connectivity index (χ2v) is 6.39. The third-order valence-electron chi connectivity index (χ3n) is 4.47. The Hall–Kier alpha value is -0.670. The molecular weight excluding hydrogens is 254 g/mol. The van der Waals surface area contributed by atoms with Crippen LogP contribution in [0.4, 0.5) is 0 Å². The van der Waals surface area contributed by atoms with E-state index in [2.05, 4.69) is 25.3 Å². The third-order valence-corrected chi connectivity index (χ3v) is 5.25. The van der Waals surface area contributed by atoms with Crippen LogP contribution < -0.4 is 10.5 Å². The van der Waals surface area contributed by atoms with E-state index in [1.165, 1.54) is 48.1 Å². The second-order valence-electron chi connectivity index (χ2n) is 5.54.